The van der Waals surface area contributed by atoms with E-state index in [0.29, 0.717) is 5.92 Å². The fourth-order valence-electron chi connectivity index (χ4n) is 3.73. The molecule has 4 rings (SSSR count). The van der Waals surface area contributed by atoms with Crippen molar-refractivity contribution in [2.75, 3.05) is 5.32 Å². The van der Waals surface area contributed by atoms with Gasteiger partial charge in [-0.25, -0.2) is 0 Å². The second kappa shape index (κ2) is 5.49. The molecule has 0 aromatic heterocycles. The van der Waals surface area contributed by atoms with Gasteiger partial charge in [0.1, 0.15) is 0 Å². The Kier molecular flexibility index (Phi) is 3.45. The summed E-state index contributed by atoms with van der Waals surface area (Å²) < 4.78 is 1.06. The minimum absolute atomic E-state index is 0.158. The highest BCUT2D eigenvalue weighted by Crippen LogP contribution is 2.50. The van der Waals surface area contributed by atoms with Crippen LogP contribution >= 0.6 is 15.9 Å². The van der Waals surface area contributed by atoms with Crippen LogP contribution in [0.1, 0.15) is 29.5 Å². The summed E-state index contributed by atoms with van der Waals surface area (Å²) in [6, 6.07) is 13.7. The zero-order chi connectivity index (χ0) is 16.0. The molecular formula is C18H15BrN2O2. The van der Waals surface area contributed by atoms with E-state index in [4.69, 9.17) is 0 Å². The van der Waals surface area contributed by atoms with Crippen molar-refractivity contribution < 1.29 is 4.92 Å². The Balaban J connectivity index is 1.79. The number of hydrogen-bond acceptors (Lipinski definition) is 3. The molecule has 0 spiro atoms. The largest absolute Gasteiger partial charge is 0.378 e. The van der Waals surface area contributed by atoms with Crippen LogP contribution in [-0.2, 0) is 0 Å². The normalized spacial score (nSPS) is 24.7. The van der Waals surface area contributed by atoms with E-state index in [1.807, 2.05) is 18.2 Å². The monoisotopic (exact) mass is 370 g/mol. The van der Waals surface area contributed by atoms with Crippen molar-refractivity contribution in [1.29, 1.82) is 0 Å². The lowest BCUT2D eigenvalue weighted by atomic mass is 9.77. The minimum Gasteiger partial charge on any atom is -0.378 e. The number of nitrogens with zero attached hydrogens (tertiary/aromatic N) is 1. The number of benzene rings is 2. The third-order valence-electron chi connectivity index (χ3n) is 4.76. The highest BCUT2D eigenvalue weighted by Gasteiger charge is 2.38. The van der Waals surface area contributed by atoms with E-state index in [1.54, 1.807) is 12.1 Å². The molecule has 0 unspecified atom stereocenters. The first-order chi connectivity index (χ1) is 11.1. The lowest BCUT2D eigenvalue weighted by Gasteiger charge is -2.37. The van der Waals surface area contributed by atoms with Gasteiger partial charge in [-0.05, 0) is 41.7 Å². The second-order valence-electron chi connectivity index (χ2n) is 6.06. The van der Waals surface area contributed by atoms with Crippen LogP contribution in [0.4, 0.5) is 11.4 Å². The van der Waals surface area contributed by atoms with E-state index in [9.17, 15) is 10.1 Å². The maximum Gasteiger partial charge on any atom is 0.269 e. The summed E-state index contributed by atoms with van der Waals surface area (Å²) in [7, 11) is 0. The van der Waals surface area contributed by atoms with Gasteiger partial charge >= 0.3 is 0 Å². The first kappa shape index (κ1) is 14.5. The number of nitro groups is 1. The average molecular weight is 371 g/mol. The first-order valence-corrected chi connectivity index (χ1v) is 8.40. The molecule has 1 heterocycles. The minimum atomic E-state index is -0.325. The van der Waals surface area contributed by atoms with Crippen molar-refractivity contribution in [2.45, 2.75) is 18.4 Å². The summed E-state index contributed by atoms with van der Waals surface area (Å²) >= 11 is 3.54. The van der Waals surface area contributed by atoms with Gasteiger partial charge in [-0.1, -0.05) is 40.2 Å². The van der Waals surface area contributed by atoms with Crippen molar-refractivity contribution in [1.82, 2.24) is 0 Å². The molecule has 2 aromatic carbocycles. The van der Waals surface area contributed by atoms with Crippen molar-refractivity contribution in [2.24, 2.45) is 5.92 Å². The van der Waals surface area contributed by atoms with Crippen LogP contribution in [-0.4, -0.2) is 4.92 Å². The highest BCUT2D eigenvalue weighted by molar-refractivity contribution is 9.10. The number of anilines is 1. The molecule has 2 aliphatic rings. The molecule has 4 nitrogen and oxygen atoms in total. The average Bonchev–Trinajstić information content (AvgIpc) is 3.03. The van der Waals surface area contributed by atoms with Crippen molar-refractivity contribution in [3.63, 3.8) is 0 Å². The van der Waals surface area contributed by atoms with Gasteiger partial charge in [0.15, 0.2) is 0 Å². The number of nitrogens with one attached hydrogen (secondary N) is 1. The summed E-state index contributed by atoms with van der Waals surface area (Å²) in [4.78, 5) is 10.7. The molecule has 0 bridgehead atoms. The van der Waals surface area contributed by atoms with Gasteiger partial charge < -0.3 is 5.32 Å². The smallest absolute Gasteiger partial charge is 0.269 e. The number of nitro benzene ring substituents is 1. The zero-order valence-electron chi connectivity index (χ0n) is 12.3. The lowest BCUT2D eigenvalue weighted by molar-refractivity contribution is -0.384. The quantitative estimate of drug-likeness (QED) is 0.449. The maximum absolute atomic E-state index is 11.1. The van der Waals surface area contributed by atoms with E-state index in [2.05, 4.69) is 45.5 Å². The van der Waals surface area contributed by atoms with Crippen LogP contribution in [0.25, 0.3) is 0 Å². The van der Waals surface area contributed by atoms with Crippen LogP contribution in [0, 0.1) is 16.0 Å². The molecule has 0 radical (unpaired) electrons. The van der Waals surface area contributed by atoms with E-state index < -0.39 is 0 Å². The molecule has 1 aliphatic heterocycles. The predicted octanol–water partition coefficient (Wildman–Crippen LogP) is 5.18. The third kappa shape index (κ3) is 2.45. The van der Waals surface area contributed by atoms with Gasteiger partial charge in [0.05, 0.1) is 11.0 Å². The van der Waals surface area contributed by atoms with Gasteiger partial charge in [0, 0.05) is 28.2 Å². The van der Waals surface area contributed by atoms with E-state index in [0.717, 1.165) is 22.1 Å². The number of fused-ring (bicyclic) bond motifs is 3. The molecule has 2 aromatic rings. The Bertz CT molecular complexity index is 818. The summed E-state index contributed by atoms with van der Waals surface area (Å²) in [6.45, 7) is 0. The topological polar surface area (TPSA) is 55.2 Å². The number of hydrogen-bond donors (Lipinski definition) is 1. The third-order valence-corrected chi connectivity index (χ3v) is 5.26. The molecule has 0 fully saturated rings. The molecule has 1 aliphatic carbocycles. The number of rotatable bonds is 2. The van der Waals surface area contributed by atoms with Crippen molar-refractivity contribution in [3.8, 4) is 0 Å². The van der Waals surface area contributed by atoms with Crippen LogP contribution in [0.2, 0.25) is 0 Å². The fraction of sp³-hybridized carbons (Fsp3) is 0.222. The molecule has 116 valence electrons. The summed E-state index contributed by atoms with van der Waals surface area (Å²) in [5.74, 6) is 0.619. The predicted molar refractivity (Wildman–Crippen MR) is 93.6 cm³/mol. The summed E-state index contributed by atoms with van der Waals surface area (Å²) in [5.41, 5.74) is 3.42. The van der Waals surface area contributed by atoms with Crippen LogP contribution < -0.4 is 5.32 Å². The van der Waals surface area contributed by atoms with Crippen LogP contribution in [0.5, 0.6) is 0 Å². The summed E-state index contributed by atoms with van der Waals surface area (Å²) in [5, 5.41) is 14.7. The first-order valence-electron chi connectivity index (χ1n) is 7.60. The van der Waals surface area contributed by atoms with E-state index in [-0.39, 0.29) is 22.6 Å². The molecule has 0 amide bonds. The lowest BCUT2D eigenvalue weighted by Crippen LogP contribution is -2.29. The highest BCUT2D eigenvalue weighted by atomic mass is 79.9. The van der Waals surface area contributed by atoms with Gasteiger partial charge in [0.25, 0.3) is 5.69 Å². The van der Waals surface area contributed by atoms with Gasteiger partial charge in [-0.15, -0.1) is 0 Å². The molecule has 0 saturated heterocycles. The van der Waals surface area contributed by atoms with Crippen molar-refractivity contribution in [3.05, 3.63) is 80.3 Å². The Labute approximate surface area is 142 Å². The Morgan fingerprint density at radius 3 is 2.87 bits per heavy atom. The fourth-order valence-corrected chi connectivity index (χ4v) is 4.14. The van der Waals surface area contributed by atoms with E-state index in [1.165, 1.54) is 5.56 Å². The second-order valence-corrected chi connectivity index (χ2v) is 6.97. The van der Waals surface area contributed by atoms with Gasteiger partial charge in [0.2, 0.25) is 0 Å². The molecule has 0 saturated carbocycles. The molecule has 5 heteroatoms. The van der Waals surface area contributed by atoms with Gasteiger partial charge in [-0.3, -0.25) is 10.1 Å². The Morgan fingerprint density at radius 1 is 1.22 bits per heavy atom. The number of non-ortho nitro benzene ring substituents is 1. The number of allylic oxidation sites excluding steroid dienone is 2. The molecular weight excluding hydrogens is 356 g/mol. The molecule has 23 heavy (non-hydrogen) atoms. The molecule has 3 atom stereocenters. The summed E-state index contributed by atoms with van der Waals surface area (Å²) in [6.07, 6.45) is 5.37. The number of halogens is 1. The standard InChI is InChI=1S/C18H15BrN2O2/c19-12-4-1-3-11(9-12)18-15-6-2-5-14(15)16-10-13(21(22)23)7-8-17(16)20-18/h1-5,7-10,14-15,18,20H,6H2/t14-,15+,18-/m1/s1. The van der Waals surface area contributed by atoms with Gasteiger partial charge in [-0.2, -0.15) is 0 Å². The zero-order valence-corrected chi connectivity index (χ0v) is 13.9. The Hall–Kier alpha value is -2.14. The maximum atomic E-state index is 11.1. The Morgan fingerprint density at radius 2 is 2.09 bits per heavy atom. The van der Waals surface area contributed by atoms with Crippen LogP contribution in [0.15, 0.2) is 59.1 Å². The van der Waals surface area contributed by atoms with Crippen molar-refractivity contribution >= 4 is 27.3 Å². The van der Waals surface area contributed by atoms with Crippen LogP contribution in [0.3, 0.4) is 0 Å². The SMILES string of the molecule is O=[N+]([O-])c1ccc2c(c1)[C@@H]1C=CC[C@@H]1[C@@H](c1cccc(Br)c1)N2. The van der Waals surface area contributed by atoms with E-state index >= 15 is 0 Å². The molecule has 1 N–H and O–H groups in total.